The number of carbonyl (C=O) groups is 2. The van der Waals surface area contributed by atoms with Crippen molar-refractivity contribution in [3.05, 3.63) is 59.2 Å². The van der Waals surface area contributed by atoms with Gasteiger partial charge in [-0.05, 0) is 47.1 Å². The maximum atomic E-state index is 12.7. The van der Waals surface area contributed by atoms with Crippen LogP contribution in [0.3, 0.4) is 0 Å². The van der Waals surface area contributed by atoms with Crippen LogP contribution >= 0.6 is 0 Å². The summed E-state index contributed by atoms with van der Waals surface area (Å²) in [4.78, 5) is 26.9. The van der Waals surface area contributed by atoms with E-state index in [0.29, 0.717) is 18.7 Å². The van der Waals surface area contributed by atoms with Crippen molar-refractivity contribution in [1.82, 2.24) is 4.72 Å². The molecular weight excluding hydrogens is 454 g/mol. The molecule has 182 valence electrons. The summed E-state index contributed by atoms with van der Waals surface area (Å²) in [7, 11) is -3.70. The van der Waals surface area contributed by atoms with Crippen molar-refractivity contribution in [2.75, 3.05) is 23.1 Å². The largest absolute Gasteiger partial charge is 0.447 e. The van der Waals surface area contributed by atoms with Gasteiger partial charge in [0, 0.05) is 5.69 Å². The van der Waals surface area contributed by atoms with Crippen LogP contribution in [0.2, 0.25) is 0 Å². The Labute approximate surface area is 200 Å². The number of hydrogen-bond acceptors (Lipinski definition) is 6. The first kappa shape index (κ1) is 24.1. The number of benzene rings is 2. The number of fused-ring (bicyclic) bond motifs is 1. The lowest BCUT2D eigenvalue weighted by Crippen LogP contribution is -2.38. The molecule has 2 aromatic rings. The van der Waals surface area contributed by atoms with Gasteiger partial charge in [0.1, 0.15) is 6.61 Å². The molecule has 1 fully saturated rings. The Hall–Kier alpha value is -3.07. The second kappa shape index (κ2) is 8.61. The number of carbonyl (C=O) groups excluding carboxylic acids is 2. The molecule has 1 unspecified atom stereocenters. The van der Waals surface area contributed by atoms with Crippen molar-refractivity contribution >= 4 is 33.4 Å². The molecular formula is C25H31N3O5S. The van der Waals surface area contributed by atoms with E-state index in [0.717, 1.165) is 23.1 Å². The fraction of sp³-hybridized carbons (Fsp3) is 0.440. The van der Waals surface area contributed by atoms with Crippen LogP contribution in [0.5, 0.6) is 0 Å². The van der Waals surface area contributed by atoms with Crippen molar-refractivity contribution in [3.8, 4) is 0 Å². The first-order valence-electron chi connectivity index (χ1n) is 11.3. The Bertz CT molecular complexity index is 1240. The van der Waals surface area contributed by atoms with Crippen LogP contribution < -0.4 is 14.9 Å². The van der Waals surface area contributed by atoms with Crippen LogP contribution in [0.4, 0.5) is 16.2 Å². The van der Waals surface area contributed by atoms with E-state index >= 15 is 0 Å². The fourth-order valence-corrected chi connectivity index (χ4v) is 5.32. The highest BCUT2D eigenvalue weighted by Gasteiger charge is 2.39. The number of ether oxygens (including phenoxy) is 1. The summed E-state index contributed by atoms with van der Waals surface area (Å²) in [6.45, 7) is 8.78. The van der Waals surface area contributed by atoms with Gasteiger partial charge in [0.25, 0.3) is 5.91 Å². The van der Waals surface area contributed by atoms with E-state index in [4.69, 9.17) is 4.74 Å². The van der Waals surface area contributed by atoms with Gasteiger partial charge in [-0.25, -0.2) is 17.9 Å². The minimum absolute atomic E-state index is 0.0397. The zero-order chi connectivity index (χ0) is 24.8. The third-order valence-corrected chi connectivity index (χ3v) is 7.10. The van der Waals surface area contributed by atoms with Crippen molar-refractivity contribution in [2.24, 2.45) is 11.3 Å². The Balaban J connectivity index is 1.72. The van der Waals surface area contributed by atoms with E-state index in [1.807, 2.05) is 30.3 Å². The third-order valence-electron chi connectivity index (χ3n) is 6.55. The second-order valence-electron chi connectivity index (χ2n) is 10.1. The molecule has 0 spiro atoms. The van der Waals surface area contributed by atoms with Gasteiger partial charge >= 0.3 is 6.09 Å². The lowest BCUT2D eigenvalue weighted by molar-refractivity contribution is 0.0981. The van der Waals surface area contributed by atoms with Gasteiger partial charge in [0.2, 0.25) is 10.0 Å². The minimum atomic E-state index is -3.70. The molecule has 0 aliphatic carbocycles. The molecule has 2 N–H and O–H groups in total. The first-order valence-corrected chi connectivity index (χ1v) is 13.2. The highest BCUT2D eigenvalue weighted by molar-refractivity contribution is 7.89. The predicted molar refractivity (Wildman–Crippen MR) is 131 cm³/mol. The summed E-state index contributed by atoms with van der Waals surface area (Å²) in [5, 5.41) is 3.51. The zero-order valence-corrected chi connectivity index (χ0v) is 20.9. The molecule has 0 aromatic heterocycles. The number of para-hydroxylation sites is 1. The molecule has 2 heterocycles. The smallest absolute Gasteiger partial charge is 0.414 e. The van der Waals surface area contributed by atoms with Gasteiger partial charge in [-0.2, -0.15) is 0 Å². The normalized spacial score (nSPS) is 21.6. The lowest BCUT2D eigenvalue weighted by atomic mass is 9.72. The number of rotatable bonds is 5. The molecule has 0 saturated carbocycles. The van der Waals surface area contributed by atoms with E-state index in [-0.39, 0.29) is 35.1 Å². The summed E-state index contributed by atoms with van der Waals surface area (Å²) in [5.41, 5.74) is 3.36. The highest BCUT2D eigenvalue weighted by atomic mass is 32.2. The molecule has 2 atom stereocenters. The number of nitrogens with one attached hydrogen (secondary N) is 2. The quantitative estimate of drug-likeness (QED) is 0.661. The summed E-state index contributed by atoms with van der Waals surface area (Å²) < 4.78 is 30.7. The van der Waals surface area contributed by atoms with Crippen LogP contribution in [0, 0.1) is 11.3 Å². The number of hydrogen-bond donors (Lipinski definition) is 2. The molecule has 9 heteroatoms. The number of sulfonamides is 1. The van der Waals surface area contributed by atoms with Crippen LogP contribution in [0.25, 0.3) is 0 Å². The zero-order valence-electron chi connectivity index (χ0n) is 20.1. The summed E-state index contributed by atoms with van der Waals surface area (Å²) in [6.07, 6.45) is 1.29. The first-order chi connectivity index (χ1) is 15.9. The average molecular weight is 486 g/mol. The van der Waals surface area contributed by atoms with Gasteiger partial charge in [0.15, 0.2) is 0 Å². The maximum Gasteiger partial charge on any atom is 0.414 e. The number of nitrogens with zero attached hydrogens (tertiary/aromatic N) is 1. The van der Waals surface area contributed by atoms with Crippen LogP contribution in [-0.4, -0.2) is 39.3 Å². The van der Waals surface area contributed by atoms with E-state index in [9.17, 15) is 18.0 Å². The van der Waals surface area contributed by atoms with E-state index < -0.39 is 15.9 Å². The molecule has 2 aliphatic heterocycles. The van der Waals surface area contributed by atoms with Gasteiger partial charge < -0.3 is 10.1 Å². The Morgan fingerprint density at radius 3 is 2.59 bits per heavy atom. The van der Waals surface area contributed by atoms with Gasteiger partial charge in [-0.3, -0.25) is 9.69 Å². The molecule has 4 rings (SSSR count). The van der Waals surface area contributed by atoms with Crippen LogP contribution in [0.15, 0.2) is 42.5 Å². The number of anilines is 2. The topological polar surface area (TPSA) is 105 Å². The molecule has 2 aromatic carbocycles. The highest BCUT2D eigenvalue weighted by Crippen LogP contribution is 2.46. The molecule has 1 saturated heterocycles. The summed E-state index contributed by atoms with van der Waals surface area (Å²) in [5.74, 6) is -0.430. The molecule has 0 radical (unpaired) electrons. The summed E-state index contributed by atoms with van der Waals surface area (Å²) in [6, 6.07) is 12.9. The predicted octanol–water partition coefficient (Wildman–Crippen LogP) is 4.09. The van der Waals surface area contributed by atoms with Crippen LogP contribution in [0.1, 0.15) is 55.2 Å². The SMILES string of the molecule is CC(C)[C@@H]1COC(=O)N1c1cccc(C2Nc3c(cccc3C(=O)NS(C)(=O)=O)CC2(C)C)c1. The second-order valence-corrected chi connectivity index (χ2v) is 11.9. The minimum Gasteiger partial charge on any atom is -0.447 e. The molecule has 34 heavy (non-hydrogen) atoms. The Morgan fingerprint density at radius 1 is 1.21 bits per heavy atom. The van der Waals surface area contributed by atoms with Crippen molar-refractivity contribution < 1.29 is 22.7 Å². The van der Waals surface area contributed by atoms with Gasteiger partial charge in [-0.1, -0.05) is 52.0 Å². The molecule has 2 amide bonds. The summed E-state index contributed by atoms with van der Waals surface area (Å²) >= 11 is 0. The molecule has 2 aliphatic rings. The number of amides is 2. The third kappa shape index (κ3) is 4.61. The Morgan fingerprint density at radius 2 is 1.91 bits per heavy atom. The maximum absolute atomic E-state index is 12.7. The number of cyclic esters (lactones) is 1. The molecule has 0 bridgehead atoms. The average Bonchev–Trinajstić information content (AvgIpc) is 3.12. The van der Waals surface area contributed by atoms with Crippen molar-refractivity contribution in [2.45, 2.75) is 46.2 Å². The van der Waals surface area contributed by atoms with E-state index in [1.54, 1.807) is 17.0 Å². The van der Waals surface area contributed by atoms with Crippen LogP contribution in [-0.2, 0) is 21.2 Å². The standard InChI is InChI=1S/C25H31N3O5S/c1-15(2)20-14-33-24(30)28(20)18-10-6-8-16(12-18)22-25(3,4)13-17-9-7-11-19(21(17)26-22)23(29)27-34(5,31)32/h6-12,15,20,22,26H,13-14H2,1-5H3,(H,27,29)/t20-,22?/m0/s1. The Kier molecular flexibility index (Phi) is 6.10. The van der Waals surface area contributed by atoms with E-state index in [2.05, 4.69) is 37.7 Å². The fourth-order valence-electron chi connectivity index (χ4n) is 4.88. The van der Waals surface area contributed by atoms with Crippen molar-refractivity contribution in [3.63, 3.8) is 0 Å². The van der Waals surface area contributed by atoms with E-state index in [1.165, 1.54) is 0 Å². The lowest BCUT2D eigenvalue weighted by Gasteiger charge is -2.42. The van der Waals surface area contributed by atoms with Gasteiger partial charge in [-0.15, -0.1) is 0 Å². The van der Waals surface area contributed by atoms with Gasteiger partial charge in [0.05, 0.1) is 29.6 Å². The monoisotopic (exact) mass is 485 g/mol. The van der Waals surface area contributed by atoms with Crippen molar-refractivity contribution in [1.29, 1.82) is 0 Å². The molecule has 8 nitrogen and oxygen atoms in total.